The number of nitrogens with one attached hydrogen (secondary N) is 1. The van der Waals surface area contributed by atoms with E-state index in [0.29, 0.717) is 18.1 Å². The largest absolute Gasteiger partial charge is 0.496 e. The zero-order chi connectivity index (χ0) is 19.8. The Bertz CT molecular complexity index is 969. The second-order valence-corrected chi connectivity index (χ2v) is 5.81. The topological polar surface area (TPSA) is 72.8 Å². The molecule has 142 valence electrons. The van der Waals surface area contributed by atoms with E-state index in [-0.39, 0.29) is 11.6 Å². The van der Waals surface area contributed by atoms with Crippen LogP contribution in [0.4, 0.5) is 0 Å². The van der Waals surface area contributed by atoms with E-state index in [1.807, 2.05) is 61.5 Å². The molecule has 0 saturated carbocycles. The molecule has 0 radical (unpaired) electrons. The van der Waals surface area contributed by atoms with E-state index < -0.39 is 0 Å². The van der Waals surface area contributed by atoms with Gasteiger partial charge in [0.1, 0.15) is 17.2 Å². The molecule has 0 bridgehead atoms. The molecule has 28 heavy (non-hydrogen) atoms. The number of nitrogens with zero attached hydrogens (tertiary/aromatic N) is 2. The lowest BCUT2D eigenvalue weighted by Gasteiger charge is -2.06. The number of hydrazone groups is 1. The number of hydrogen-bond acceptors (Lipinski definition) is 5. The zero-order valence-electron chi connectivity index (χ0n) is 15.8. The summed E-state index contributed by atoms with van der Waals surface area (Å²) in [7, 11) is 1.58. The van der Waals surface area contributed by atoms with Crippen molar-refractivity contribution in [1.29, 1.82) is 0 Å². The summed E-state index contributed by atoms with van der Waals surface area (Å²) >= 11 is 0. The fourth-order valence-electron chi connectivity index (χ4n) is 2.60. The van der Waals surface area contributed by atoms with E-state index in [1.54, 1.807) is 19.2 Å². The molecule has 0 unspecified atom stereocenters. The van der Waals surface area contributed by atoms with Crippen LogP contribution in [0, 0.1) is 0 Å². The highest BCUT2D eigenvalue weighted by atomic mass is 16.5. The molecule has 3 rings (SSSR count). The lowest BCUT2D eigenvalue weighted by molar-refractivity contribution is 0.0950. The van der Waals surface area contributed by atoms with Crippen LogP contribution >= 0.6 is 0 Å². The van der Waals surface area contributed by atoms with E-state index in [2.05, 4.69) is 15.5 Å². The second kappa shape index (κ2) is 9.32. The van der Waals surface area contributed by atoms with Crippen molar-refractivity contribution in [1.82, 2.24) is 10.4 Å². The van der Waals surface area contributed by atoms with Gasteiger partial charge in [-0.3, -0.25) is 4.79 Å². The Labute approximate surface area is 163 Å². The molecule has 0 saturated heterocycles. The maximum Gasteiger partial charge on any atom is 0.289 e. The minimum absolute atomic E-state index is 0.281. The Morgan fingerprint density at radius 3 is 2.61 bits per heavy atom. The molecule has 0 atom stereocenters. The Morgan fingerprint density at radius 2 is 1.86 bits per heavy atom. The average molecular weight is 375 g/mol. The monoisotopic (exact) mass is 375 g/mol. The summed E-state index contributed by atoms with van der Waals surface area (Å²) in [4.78, 5) is 16.8. The highest BCUT2D eigenvalue weighted by molar-refractivity contribution is 5.94. The first kappa shape index (κ1) is 19.1. The first-order chi connectivity index (χ1) is 13.7. The molecule has 1 heterocycles. The van der Waals surface area contributed by atoms with Crippen molar-refractivity contribution in [2.24, 2.45) is 5.10 Å². The van der Waals surface area contributed by atoms with E-state index >= 15 is 0 Å². The summed E-state index contributed by atoms with van der Waals surface area (Å²) < 4.78 is 10.7. The van der Waals surface area contributed by atoms with Crippen LogP contribution in [0.25, 0.3) is 11.3 Å². The summed E-state index contributed by atoms with van der Waals surface area (Å²) in [6, 6.07) is 20.3. The van der Waals surface area contributed by atoms with E-state index in [9.17, 15) is 4.79 Å². The van der Waals surface area contributed by atoms with Gasteiger partial charge in [-0.05, 0) is 55.5 Å². The van der Waals surface area contributed by atoms with Crippen LogP contribution in [-0.2, 0) is 0 Å². The number of rotatable bonds is 7. The maximum absolute atomic E-state index is 12.4. The first-order valence-electron chi connectivity index (χ1n) is 8.88. The number of carbonyl (C=O) groups is 1. The molecule has 6 heteroatoms. The minimum Gasteiger partial charge on any atom is -0.496 e. The molecular formula is C22H21N3O3. The van der Waals surface area contributed by atoms with Crippen LogP contribution < -0.4 is 14.9 Å². The number of pyridine rings is 1. The smallest absolute Gasteiger partial charge is 0.289 e. The minimum atomic E-state index is -0.390. The van der Waals surface area contributed by atoms with Gasteiger partial charge in [0.2, 0.25) is 0 Å². The van der Waals surface area contributed by atoms with E-state index in [1.165, 1.54) is 6.21 Å². The SMILES string of the molecule is CCOc1ccc(-c2cccc(C(=O)NN=Cc3ccccc3OC)n2)cc1. The summed E-state index contributed by atoms with van der Waals surface area (Å²) in [5.74, 6) is 1.08. The third-order valence-electron chi connectivity index (χ3n) is 3.95. The predicted molar refractivity (Wildman–Crippen MR) is 109 cm³/mol. The third kappa shape index (κ3) is 4.73. The van der Waals surface area contributed by atoms with Crippen LogP contribution in [0.15, 0.2) is 71.8 Å². The molecule has 3 aromatic rings. The van der Waals surface area contributed by atoms with Crippen molar-refractivity contribution in [3.63, 3.8) is 0 Å². The summed E-state index contributed by atoms with van der Waals surface area (Å²) in [6.07, 6.45) is 1.53. The summed E-state index contributed by atoms with van der Waals surface area (Å²) in [5, 5.41) is 4.00. The lowest BCUT2D eigenvalue weighted by atomic mass is 10.1. The quantitative estimate of drug-likeness (QED) is 0.502. The molecule has 0 spiro atoms. The van der Waals surface area contributed by atoms with Gasteiger partial charge in [-0.2, -0.15) is 5.10 Å². The van der Waals surface area contributed by atoms with Gasteiger partial charge in [-0.1, -0.05) is 18.2 Å². The van der Waals surface area contributed by atoms with Gasteiger partial charge in [0, 0.05) is 11.1 Å². The van der Waals surface area contributed by atoms with Crippen LogP contribution in [0.5, 0.6) is 11.5 Å². The van der Waals surface area contributed by atoms with E-state index in [0.717, 1.165) is 16.9 Å². The number of para-hydroxylation sites is 1. The fourth-order valence-corrected chi connectivity index (χ4v) is 2.60. The van der Waals surface area contributed by atoms with E-state index in [4.69, 9.17) is 9.47 Å². The molecular weight excluding hydrogens is 354 g/mol. The van der Waals surface area contributed by atoms with Crippen molar-refractivity contribution in [2.45, 2.75) is 6.92 Å². The summed E-state index contributed by atoms with van der Waals surface area (Å²) in [6.45, 7) is 2.55. The first-order valence-corrected chi connectivity index (χ1v) is 8.88. The fraction of sp³-hybridized carbons (Fsp3) is 0.136. The third-order valence-corrected chi connectivity index (χ3v) is 3.95. The molecule has 1 amide bonds. The lowest BCUT2D eigenvalue weighted by Crippen LogP contribution is -2.19. The molecule has 1 N–H and O–H groups in total. The molecule has 0 aliphatic carbocycles. The van der Waals surface area contributed by atoms with Crippen LogP contribution in [-0.4, -0.2) is 30.8 Å². The molecule has 1 aromatic heterocycles. The van der Waals surface area contributed by atoms with Crippen molar-refractivity contribution in [2.75, 3.05) is 13.7 Å². The van der Waals surface area contributed by atoms with Gasteiger partial charge in [0.25, 0.3) is 5.91 Å². The number of methoxy groups -OCH3 is 1. The number of ether oxygens (including phenoxy) is 2. The Balaban J connectivity index is 1.71. The van der Waals surface area contributed by atoms with Gasteiger partial charge >= 0.3 is 0 Å². The molecule has 0 fully saturated rings. The van der Waals surface area contributed by atoms with Gasteiger partial charge < -0.3 is 9.47 Å². The van der Waals surface area contributed by atoms with Gasteiger partial charge in [-0.25, -0.2) is 10.4 Å². The molecule has 2 aromatic carbocycles. The zero-order valence-corrected chi connectivity index (χ0v) is 15.8. The summed E-state index contributed by atoms with van der Waals surface area (Å²) in [5.41, 5.74) is 5.14. The number of benzene rings is 2. The van der Waals surface area contributed by atoms with Crippen molar-refractivity contribution in [3.8, 4) is 22.8 Å². The van der Waals surface area contributed by atoms with Crippen molar-refractivity contribution >= 4 is 12.1 Å². The maximum atomic E-state index is 12.4. The standard InChI is InChI=1S/C22H21N3O3/c1-3-28-18-13-11-16(12-14-18)19-8-6-9-20(24-19)22(26)25-23-15-17-7-4-5-10-21(17)27-2/h4-15H,3H2,1-2H3,(H,25,26). The normalized spacial score (nSPS) is 10.6. The van der Waals surface area contributed by atoms with Crippen molar-refractivity contribution in [3.05, 3.63) is 78.0 Å². The predicted octanol–water partition coefficient (Wildman–Crippen LogP) is 3.92. The molecule has 0 aliphatic rings. The van der Waals surface area contributed by atoms with Gasteiger partial charge in [0.15, 0.2) is 0 Å². The number of amides is 1. The molecule has 0 aliphatic heterocycles. The highest BCUT2D eigenvalue weighted by Crippen LogP contribution is 2.21. The Morgan fingerprint density at radius 1 is 1.07 bits per heavy atom. The second-order valence-electron chi connectivity index (χ2n) is 5.81. The molecule has 6 nitrogen and oxygen atoms in total. The average Bonchev–Trinajstić information content (AvgIpc) is 2.75. The Hall–Kier alpha value is -3.67. The van der Waals surface area contributed by atoms with Gasteiger partial charge in [0.05, 0.1) is 25.6 Å². The number of hydrogen-bond donors (Lipinski definition) is 1. The highest BCUT2D eigenvalue weighted by Gasteiger charge is 2.08. The van der Waals surface area contributed by atoms with Crippen molar-refractivity contribution < 1.29 is 14.3 Å². The number of aromatic nitrogens is 1. The van der Waals surface area contributed by atoms with Crippen LogP contribution in [0.3, 0.4) is 0 Å². The van der Waals surface area contributed by atoms with Crippen LogP contribution in [0.1, 0.15) is 23.0 Å². The Kier molecular flexibility index (Phi) is 6.36. The van der Waals surface area contributed by atoms with Crippen LogP contribution in [0.2, 0.25) is 0 Å². The number of carbonyl (C=O) groups excluding carboxylic acids is 1. The van der Waals surface area contributed by atoms with Gasteiger partial charge in [-0.15, -0.1) is 0 Å².